The second kappa shape index (κ2) is 58.8. The zero-order chi connectivity index (χ0) is 65.4. The van der Waals surface area contributed by atoms with Gasteiger partial charge in [-0.3, -0.25) is 37.3 Å². The van der Waals surface area contributed by atoms with Crippen molar-refractivity contribution in [2.45, 2.75) is 356 Å². The largest absolute Gasteiger partial charge is 0.472 e. The fourth-order valence-electron chi connectivity index (χ4n) is 10.3. The number of hydrogen-bond acceptors (Lipinski definition) is 15. The van der Waals surface area contributed by atoms with E-state index in [4.69, 9.17) is 37.0 Å². The van der Waals surface area contributed by atoms with Crippen molar-refractivity contribution >= 4 is 39.5 Å². The lowest BCUT2D eigenvalue weighted by Crippen LogP contribution is -2.30. The number of rotatable bonds is 66. The summed E-state index contributed by atoms with van der Waals surface area (Å²) in [7, 11) is -9.90. The molecule has 0 aliphatic heterocycles. The smallest absolute Gasteiger partial charge is 0.462 e. The molecular formula is C69H134O17P2. The molecule has 0 aromatic rings. The van der Waals surface area contributed by atoms with Crippen LogP contribution < -0.4 is 0 Å². The number of esters is 4. The molecule has 0 saturated heterocycles. The Morgan fingerprint density at radius 1 is 0.318 bits per heavy atom. The van der Waals surface area contributed by atoms with E-state index in [1.807, 2.05) is 0 Å². The normalized spacial score (nSPS) is 14.6. The average molecular weight is 1300 g/mol. The lowest BCUT2D eigenvalue weighted by molar-refractivity contribution is -0.161. The molecule has 0 aromatic heterocycles. The van der Waals surface area contributed by atoms with Gasteiger partial charge in [-0.15, -0.1) is 0 Å². The summed E-state index contributed by atoms with van der Waals surface area (Å²) in [6.45, 7) is 14.0. The van der Waals surface area contributed by atoms with Crippen LogP contribution in [0.25, 0.3) is 0 Å². The monoisotopic (exact) mass is 1300 g/mol. The first-order chi connectivity index (χ1) is 42.1. The first kappa shape index (κ1) is 86.1. The minimum absolute atomic E-state index is 0.103. The third-order valence-electron chi connectivity index (χ3n) is 16.2. The van der Waals surface area contributed by atoms with Crippen molar-refractivity contribution in [2.24, 2.45) is 23.7 Å². The highest BCUT2D eigenvalue weighted by Gasteiger charge is 2.30. The number of carbonyl (C=O) groups is 4. The number of aliphatic hydroxyl groups is 1. The van der Waals surface area contributed by atoms with E-state index in [9.17, 15) is 43.2 Å². The first-order valence-electron chi connectivity index (χ1n) is 35.7. The van der Waals surface area contributed by atoms with Crippen molar-refractivity contribution in [1.82, 2.24) is 0 Å². The minimum atomic E-state index is -4.95. The maximum absolute atomic E-state index is 13.0. The van der Waals surface area contributed by atoms with Gasteiger partial charge < -0.3 is 33.8 Å². The molecule has 3 N–H and O–H groups in total. The highest BCUT2D eigenvalue weighted by Crippen LogP contribution is 2.45. The van der Waals surface area contributed by atoms with Gasteiger partial charge >= 0.3 is 39.5 Å². The van der Waals surface area contributed by atoms with Crippen LogP contribution in [0.4, 0.5) is 0 Å². The Hall–Kier alpha value is -1.94. The van der Waals surface area contributed by atoms with Crippen LogP contribution in [0.3, 0.4) is 0 Å². The summed E-state index contributed by atoms with van der Waals surface area (Å²) in [5, 5.41) is 10.6. The van der Waals surface area contributed by atoms with Crippen molar-refractivity contribution in [3.05, 3.63) is 0 Å². The van der Waals surface area contributed by atoms with Crippen LogP contribution >= 0.6 is 15.6 Å². The highest BCUT2D eigenvalue weighted by atomic mass is 31.2. The fraction of sp³-hybridized carbons (Fsp3) is 0.942. The molecule has 0 aliphatic rings. The van der Waals surface area contributed by atoms with E-state index < -0.39 is 97.5 Å². The van der Waals surface area contributed by atoms with Crippen LogP contribution in [0, 0.1) is 23.7 Å². The highest BCUT2D eigenvalue weighted by molar-refractivity contribution is 7.47. The molecular weight excluding hydrogens is 1160 g/mol. The Bertz CT molecular complexity index is 1750. The zero-order valence-electron chi connectivity index (χ0n) is 57.3. The van der Waals surface area contributed by atoms with Crippen molar-refractivity contribution in [3.8, 4) is 0 Å². The lowest BCUT2D eigenvalue weighted by Gasteiger charge is -2.21. The van der Waals surface area contributed by atoms with Gasteiger partial charge in [-0.05, 0) is 49.4 Å². The molecule has 0 saturated carbocycles. The predicted octanol–water partition coefficient (Wildman–Crippen LogP) is 19.3. The molecule has 0 bridgehead atoms. The number of carbonyl (C=O) groups excluding carboxylic acids is 4. The maximum Gasteiger partial charge on any atom is 0.472 e. The van der Waals surface area contributed by atoms with Crippen LogP contribution in [0.1, 0.15) is 338 Å². The van der Waals surface area contributed by atoms with Crippen molar-refractivity contribution in [3.63, 3.8) is 0 Å². The molecule has 17 nitrogen and oxygen atoms in total. The number of aliphatic hydroxyl groups excluding tert-OH is 1. The van der Waals surface area contributed by atoms with Gasteiger partial charge in [-0.1, -0.05) is 287 Å². The minimum Gasteiger partial charge on any atom is -0.462 e. The molecule has 0 amide bonds. The Balaban J connectivity index is 5.21. The van der Waals surface area contributed by atoms with E-state index in [0.29, 0.717) is 37.5 Å². The van der Waals surface area contributed by atoms with E-state index >= 15 is 0 Å². The lowest BCUT2D eigenvalue weighted by atomic mass is 9.99. The van der Waals surface area contributed by atoms with Crippen LogP contribution in [0.5, 0.6) is 0 Å². The number of hydrogen-bond donors (Lipinski definition) is 3. The topological polar surface area (TPSA) is 237 Å². The number of phosphoric ester groups is 2. The van der Waals surface area contributed by atoms with E-state index in [1.165, 1.54) is 128 Å². The van der Waals surface area contributed by atoms with Crippen molar-refractivity contribution in [1.29, 1.82) is 0 Å². The van der Waals surface area contributed by atoms with Gasteiger partial charge in [0.05, 0.1) is 26.4 Å². The van der Waals surface area contributed by atoms with Gasteiger partial charge in [0.25, 0.3) is 0 Å². The second-order valence-corrected chi connectivity index (χ2v) is 29.5. The summed E-state index contributed by atoms with van der Waals surface area (Å²) >= 11 is 0. The molecule has 0 rings (SSSR count). The standard InChI is InChI=1S/C69H134O17P2/c1-9-62(8)48-40-32-23-16-14-12-10-11-13-15-17-24-35-43-51-68(73)85-64(55-79-66(71)49-41-33-26-20-22-30-38-46-60(4)5)57-83-87(75,76)81-53-63(70)54-82-88(77,78)84-58-65(56-80-67(72)50-42-34-28-27-31-39-47-61(6)7)86-69(74)52-44-36-25-19-18-21-29-37-45-59(2)3/h59-65,70H,9-58H2,1-8H3,(H,75,76)(H,77,78)/t62?,63-,64-,65-/m1/s1. The van der Waals surface area contributed by atoms with Gasteiger partial charge in [0, 0.05) is 25.7 Å². The summed E-state index contributed by atoms with van der Waals surface area (Å²) in [5.41, 5.74) is 0. The molecule has 0 aromatic carbocycles. The average Bonchev–Trinajstić information content (AvgIpc) is 3.47. The van der Waals surface area contributed by atoms with Gasteiger partial charge in [-0.2, -0.15) is 0 Å². The molecule has 6 atom stereocenters. The molecule has 19 heteroatoms. The summed E-state index contributed by atoms with van der Waals surface area (Å²) in [6.07, 6.45) is 40.6. The summed E-state index contributed by atoms with van der Waals surface area (Å²) in [4.78, 5) is 72.4. The van der Waals surface area contributed by atoms with Gasteiger partial charge in [-0.25, -0.2) is 9.13 Å². The Morgan fingerprint density at radius 3 is 0.807 bits per heavy atom. The number of unbranched alkanes of at least 4 members (excludes halogenated alkanes) is 31. The molecule has 0 fully saturated rings. The van der Waals surface area contributed by atoms with Gasteiger partial charge in [0.1, 0.15) is 19.3 Å². The van der Waals surface area contributed by atoms with E-state index in [2.05, 4.69) is 55.4 Å². The Kier molecular flexibility index (Phi) is 57.6. The Morgan fingerprint density at radius 2 is 0.545 bits per heavy atom. The van der Waals surface area contributed by atoms with Crippen LogP contribution in [0.15, 0.2) is 0 Å². The van der Waals surface area contributed by atoms with Crippen molar-refractivity contribution in [2.75, 3.05) is 39.6 Å². The van der Waals surface area contributed by atoms with Gasteiger partial charge in [0.15, 0.2) is 12.2 Å². The summed E-state index contributed by atoms with van der Waals surface area (Å²) < 4.78 is 68.2. The summed E-state index contributed by atoms with van der Waals surface area (Å²) in [5.74, 6) is 0.813. The number of ether oxygens (including phenoxy) is 4. The van der Waals surface area contributed by atoms with Crippen LogP contribution in [0.2, 0.25) is 0 Å². The van der Waals surface area contributed by atoms with E-state index in [1.54, 1.807) is 0 Å². The molecule has 0 spiro atoms. The SMILES string of the molecule is CCC(C)CCCCCCCCCCCCCCCCC(=O)O[C@H](COC(=O)CCCCCCCCCC(C)C)COP(=O)(O)OC[C@@H](O)COP(=O)(O)OC[C@@H](COC(=O)CCCCCCCCC(C)C)OC(=O)CCCCCCCCCCC(C)C. The third kappa shape index (κ3) is 61.6. The third-order valence-corrected chi connectivity index (χ3v) is 18.1. The molecule has 3 unspecified atom stereocenters. The van der Waals surface area contributed by atoms with Crippen molar-refractivity contribution < 1.29 is 80.2 Å². The molecule has 522 valence electrons. The van der Waals surface area contributed by atoms with E-state index in [0.717, 1.165) is 115 Å². The molecule has 88 heavy (non-hydrogen) atoms. The molecule has 0 aliphatic carbocycles. The maximum atomic E-state index is 13.0. The zero-order valence-corrected chi connectivity index (χ0v) is 59.1. The van der Waals surface area contributed by atoms with Gasteiger partial charge in [0.2, 0.25) is 0 Å². The first-order valence-corrected chi connectivity index (χ1v) is 38.7. The van der Waals surface area contributed by atoms with Crippen LogP contribution in [-0.2, 0) is 65.4 Å². The molecule has 0 heterocycles. The van der Waals surface area contributed by atoms with E-state index in [-0.39, 0.29) is 25.7 Å². The number of phosphoric acid groups is 2. The summed E-state index contributed by atoms with van der Waals surface area (Å²) in [6, 6.07) is 0. The Labute approximate surface area is 537 Å². The fourth-order valence-corrected chi connectivity index (χ4v) is 11.9. The predicted molar refractivity (Wildman–Crippen MR) is 354 cm³/mol. The van der Waals surface area contributed by atoms with Crippen LogP contribution in [-0.4, -0.2) is 96.7 Å². The second-order valence-electron chi connectivity index (χ2n) is 26.6. The quantitative estimate of drug-likeness (QED) is 0.0222. The molecule has 0 radical (unpaired) electrons.